The van der Waals surface area contributed by atoms with Crippen molar-refractivity contribution in [3.8, 4) is 0 Å². The molecule has 0 amide bonds. The van der Waals surface area contributed by atoms with E-state index in [0.29, 0.717) is 11.4 Å². The van der Waals surface area contributed by atoms with Gasteiger partial charge in [-0.2, -0.15) is 13.2 Å². The predicted octanol–water partition coefficient (Wildman–Crippen LogP) is 6.31. The summed E-state index contributed by atoms with van der Waals surface area (Å²) in [5.74, 6) is -0.467. The lowest BCUT2D eigenvalue weighted by molar-refractivity contribution is -0.139. The molecule has 0 aromatic heterocycles. The van der Waals surface area contributed by atoms with Crippen molar-refractivity contribution in [3.05, 3.63) is 119 Å². The van der Waals surface area contributed by atoms with Crippen LogP contribution in [0.1, 0.15) is 34.0 Å². The highest BCUT2D eigenvalue weighted by atomic mass is 19.4. The molecule has 0 saturated carbocycles. The number of halogens is 4. The molecule has 34 heavy (non-hydrogen) atoms. The molecular formula is C27H25F4N3. The Morgan fingerprint density at radius 2 is 1.62 bits per heavy atom. The quantitative estimate of drug-likeness (QED) is 0.431. The third kappa shape index (κ3) is 4.70. The highest BCUT2D eigenvalue weighted by molar-refractivity contribution is 5.69. The van der Waals surface area contributed by atoms with Crippen LogP contribution < -0.4 is 10.6 Å². The van der Waals surface area contributed by atoms with Gasteiger partial charge in [-0.3, -0.25) is 4.90 Å². The second-order valence-corrected chi connectivity index (χ2v) is 8.24. The van der Waals surface area contributed by atoms with E-state index in [2.05, 4.69) is 17.2 Å². The second-order valence-electron chi connectivity index (χ2n) is 8.24. The monoisotopic (exact) mass is 467 g/mol. The topological polar surface area (TPSA) is 27.3 Å². The Balaban J connectivity index is 1.78. The van der Waals surface area contributed by atoms with Gasteiger partial charge in [0.15, 0.2) is 0 Å². The molecule has 2 N–H and O–H groups in total. The van der Waals surface area contributed by atoms with Gasteiger partial charge in [0, 0.05) is 22.5 Å². The summed E-state index contributed by atoms with van der Waals surface area (Å²) < 4.78 is 56.2. The molecular weight excluding hydrogens is 442 g/mol. The lowest BCUT2D eigenvalue weighted by Crippen LogP contribution is -2.51. The first-order chi connectivity index (χ1) is 16.2. The van der Waals surface area contributed by atoms with E-state index in [9.17, 15) is 17.6 Å². The molecule has 0 saturated heterocycles. The smallest absolute Gasteiger partial charge is 0.366 e. The molecule has 3 nitrogen and oxygen atoms in total. The fourth-order valence-corrected chi connectivity index (χ4v) is 4.18. The van der Waals surface area contributed by atoms with Crippen molar-refractivity contribution in [2.24, 2.45) is 0 Å². The number of hydrogen-bond donors (Lipinski definition) is 2. The number of rotatable bonds is 5. The molecule has 4 rings (SSSR count). The van der Waals surface area contributed by atoms with E-state index in [1.807, 2.05) is 31.2 Å². The van der Waals surface area contributed by atoms with Crippen molar-refractivity contribution in [3.63, 3.8) is 0 Å². The molecule has 1 aliphatic heterocycles. The zero-order valence-corrected chi connectivity index (χ0v) is 18.8. The fraction of sp³-hybridized carbons (Fsp3) is 0.185. The Kier molecular flexibility index (Phi) is 6.48. The summed E-state index contributed by atoms with van der Waals surface area (Å²) in [6.07, 6.45) is -4.21. The van der Waals surface area contributed by atoms with Gasteiger partial charge in [0.05, 0.1) is 5.56 Å². The predicted molar refractivity (Wildman–Crippen MR) is 127 cm³/mol. The molecule has 0 fully saturated rings. The molecule has 0 aliphatic carbocycles. The summed E-state index contributed by atoms with van der Waals surface area (Å²) in [5.41, 5.74) is 2.49. The van der Waals surface area contributed by atoms with Gasteiger partial charge < -0.3 is 10.6 Å². The van der Waals surface area contributed by atoms with Crippen molar-refractivity contribution >= 4 is 11.4 Å². The first-order valence-corrected chi connectivity index (χ1v) is 10.8. The first kappa shape index (κ1) is 23.6. The number of aryl methyl sites for hydroxylation is 1. The lowest BCUT2D eigenvalue weighted by Gasteiger charge is -2.41. The molecule has 7 heteroatoms. The van der Waals surface area contributed by atoms with Crippen LogP contribution in [0.3, 0.4) is 0 Å². The largest absolute Gasteiger partial charge is 0.416 e. The fourth-order valence-electron chi connectivity index (χ4n) is 4.18. The minimum atomic E-state index is -4.54. The first-order valence-electron chi connectivity index (χ1n) is 10.8. The average molecular weight is 468 g/mol. The maximum atomic E-state index is 14.7. The summed E-state index contributed by atoms with van der Waals surface area (Å²) >= 11 is 0. The van der Waals surface area contributed by atoms with Gasteiger partial charge in [0.2, 0.25) is 0 Å². The molecule has 2 atom stereocenters. The van der Waals surface area contributed by atoms with Gasteiger partial charge in [-0.25, -0.2) is 4.39 Å². The zero-order valence-electron chi connectivity index (χ0n) is 18.8. The van der Waals surface area contributed by atoms with Crippen molar-refractivity contribution < 1.29 is 17.6 Å². The van der Waals surface area contributed by atoms with E-state index >= 15 is 0 Å². The normalized spacial score (nSPS) is 18.7. The molecule has 3 aromatic carbocycles. The summed E-state index contributed by atoms with van der Waals surface area (Å²) in [6.45, 7) is 6.10. The minimum absolute atomic E-state index is 0.0488. The van der Waals surface area contributed by atoms with E-state index in [4.69, 9.17) is 0 Å². The zero-order chi connectivity index (χ0) is 24.5. The Hall–Kier alpha value is -3.58. The average Bonchev–Trinajstić information content (AvgIpc) is 2.80. The molecule has 176 valence electrons. The van der Waals surface area contributed by atoms with Gasteiger partial charge in [-0.05, 0) is 49.4 Å². The van der Waals surface area contributed by atoms with Crippen LogP contribution in [-0.4, -0.2) is 18.1 Å². The van der Waals surface area contributed by atoms with Gasteiger partial charge in [-0.15, -0.1) is 0 Å². The van der Waals surface area contributed by atoms with Gasteiger partial charge in [0.1, 0.15) is 18.1 Å². The molecule has 1 aliphatic rings. The molecule has 0 bridgehead atoms. The number of nitrogens with one attached hydrogen (secondary N) is 2. The van der Waals surface area contributed by atoms with Crippen molar-refractivity contribution in [1.29, 1.82) is 0 Å². The molecule has 3 aromatic rings. The van der Waals surface area contributed by atoms with Gasteiger partial charge in [0.25, 0.3) is 0 Å². The number of nitrogens with zero attached hydrogens (tertiary/aromatic N) is 1. The molecule has 2 unspecified atom stereocenters. The lowest BCUT2D eigenvalue weighted by atomic mass is 9.99. The Morgan fingerprint density at radius 1 is 0.971 bits per heavy atom. The summed E-state index contributed by atoms with van der Waals surface area (Å²) in [4.78, 5) is 1.73. The van der Waals surface area contributed by atoms with Crippen LogP contribution in [0.4, 0.5) is 17.6 Å². The number of benzene rings is 3. The van der Waals surface area contributed by atoms with Crippen LogP contribution in [0.2, 0.25) is 0 Å². The van der Waals surface area contributed by atoms with E-state index in [1.165, 1.54) is 18.2 Å². The number of hydrogen-bond acceptors (Lipinski definition) is 3. The number of alkyl halides is 3. The van der Waals surface area contributed by atoms with Crippen LogP contribution in [0.25, 0.3) is 11.4 Å². The maximum absolute atomic E-state index is 14.7. The Labute approximate surface area is 196 Å². The van der Waals surface area contributed by atoms with E-state index < -0.39 is 29.9 Å². The van der Waals surface area contributed by atoms with Crippen LogP contribution in [0, 0.1) is 12.7 Å². The highest BCUT2D eigenvalue weighted by Gasteiger charge is 2.38. The van der Waals surface area contributed by atoms with Crippen LogP contribution in [-0.2, 0) is 6.18 Å². The summed E-state index contributed by atoms with van der Waals surface area (Å²) in [6, 6.07) is 19.3. The third-order valence-corrected chi connectivity index (χ3v) is 5.98. The minimum Gasteiger partial charge on any atom is -0.366 e. The van der Waals surface area contributed by atoms with E-state index in [-0.39, 0.29) is 11.1 Å². The van der Waals surface area contributed by atoms with Gasteiger partial charge in [-0.1, -0.05) is 61.2 Å². The van der Waals surface area contributed by atoms with Crippen LogP contribution in [0.5, 0.6) is 0 Å². The van der Waals surface area contributed by atoms with Crippen molar-refractivity contribution in [1.82, 2.24) is 15.5 Å². The van der Waals surface area contributed by atoms with Crippen molar-refractivity contribution in [2.75, 3.05) is 7.05 Å². The third-order valence-electron chi connectivity index (χ3n) is 5.98. The molecule has 0 radical (unpaired) electrons. The van der Waals surface area contributed by atoms with Crippen molar-refractivity contribution in [2.45, 2.75) is 25.4 Å². The van der Waals surface area contributed by atoms with Crippen LogP contribution >= 0.6 is 0 Å². The SMILES string of the molecule is C=C(NC1C=C(c2ccccc2F)NC(c2ccccc2C(F)(F)F)N1C)c1ccccc1C. The van der Waals surface area contributed by atoms with Crippen LogP contribution in [0.15, 0.2) is 85.5 Å². The molecule has 1 heterocycles. The Bertz CT molecular complexity index is 1230. The second kappa shape index (κ2) is 9.35. The summed E-state index contributed by atoms with van der Waals surface area (Å²) in [7, 11) is 1.71. The number of likely N-dealkylation sites (N-methyl/N-ethyl adjacent to an activating group) is 1. The Morgan fingerprint density at radius 3 is 2.32 bits per heavy atom. The standard InChI is InChI=1S/C27H25F4N3/c1-17-10-4-5-11-19(17)18(2)32-25-16-24(21-13-7-9-15-23(21)28)33-26(34(25)3)20-12-6-8-14-22(20)27(29,30)31/h4-16,25-26,32-33H,2H2,1,3H3. The maximum Gasteiger partial charge on any atom is 0.416 e. The summed E-state index contributed by atoms with van der Waals surface area (Å²) in [5, 5.41) is 6.44. The highest BCUT2D eigenvalue weighted by Crippen LogP contribution is 2.38. The van der Waals surface area contributed by atoms with Gasteiger partial charge >= 0.3 is 6.18 Å². The van der Waals surface area contributed by atoms with E-state index in [0.717, 1.165) is 17.2 Å². The molecule has 0 spiro atoms. The van der Waals surface area contributed by atoms with E-state index in [1.54, 1.807) is 42.3 Å².